The summed E-state index contributed by atoms with van der Waals surface area (Å²) in [5.41, 5.74) is 0. The molecule has 1 aliphatic heterocycles. The molecule has 0 spiro atoms. The van der Waals surface area contributed by atoms with Gasteiger partial charge in [-0.2, -0.15) is 0 Å². The number of nitrogens with zero attached hydrogens (tertiary/aromatic N) is 1. The molecule has 0 N–H and O–H groups in total. The largest absolute Gasteiger partial charge is 0.246 e. The van der Waals surface area contributed by atoms with Crippen LogP contribution in [0.2, 0.25) is 0 Å². The first-order valence-corrected chi connectivity index (χ1v) is 5.67. The van der Waals surface area contributed by atoms with Crippen LogP contribution in [0.4, 0.5) is 0 Å². The van der Waals surface area contributed by atoms with Gasteiger partial charge in [0.05, 0.1) is 6.20 Å². The number of aliphatic imine (C=N–C) groups is 1. The van der Waals surface area contributed by atoms with Crippen LogP contribution in [-0.2, 0) is 9.84 Å². The summed E-state index contributed by atoms with van der Waals surface area (Å²) in [6, 6.07) is 0. The van der Waals surface area contributed by atoms with Gasteiger partial charge in [-0.15, -0.1) is 0 Å². The quantitative estimate of drug-likeness (QED) is 0.654. The van der Waals surface area contributed by atoms with Gasteiger partial charge in [-0.25, -0.2) is 13.4 Å². The van der Waals surface area contributed by atoms with Crippen LogP contribution >= 0.6 is 11.6 Å². The molecule has 1 heterocycles. The summed E-state index contributed by atoms with van der Waals surface area (Å²) in [5.74, 6) is 0.127. The average molecular weight is 206 g/mol. The molecule has 5 heteroatoms. The minimum Gasteiger partial charge on any atom is -0.246 e. The summed E-state index contributed by atoms with van der Waals surface area (Å²) in [5, 5.41) is 0.277. The van der Waals surface area contributed by atoms with E-state index in [0.717, 1.165) is 19.3 Å². The smallest absolute Gasteiger partial charge is 0.232 e. The maximum Gasteiger partial charge on any atom is 0.232 e. The van der Waals surface area contributed by atoms with Gasteiger partial charge in [0, 0.05) is 5.92 Å². The van der Waals surface area contributed by atoms with E-state index in [2.05, 4.69) is 4.99 Å². The van der Waals surface area contributed by atoms with Gasteiger partial charge < -0.3 is 0 Å². The Kier molecular flexibility index (Phi) is 1.77. The van der Waals surface area contributed by atoms with Crippen LogP contribution in [0.15, 0.2) is 15.6 Å². The van der Waals surface area contributed by atoms with Gasteiger partial charge in [-0.05, 0) is 12.8 Å². The standard InChI is InChI=1S/C7H8ClNO2S/c8-6-4-9-7(12(6,10)11)5-2-1-3-5/h4-5H,1-3H2. The van der Waals surface area contributed by atoms with Crippen LogP contribution in [0.1, 0.15) is 19.3 Å². The second-order valence-electron chi connectivity index (χ2n) is 3.03. The van der Waals surface area contributed by atoms with Crippen LogP contribution in [0, 0.1) is 5.92 Å². The van der Waals surface area contributed by atoms with Crippen molar-refractivity contribution < 1.29 is 8.42 Å². The molecule has 0 aromatic rings. The topological polar surface area (TPSA) is 46.5 Å². The first-order chi connectivity index (χ1) is 5.62. The fraction of sp³-hybridized carbons (Fsp3) is 0.571. The maximum absolute atomic E-state index is 11.4. The molecule has 0 aromatic carbocycles. The first kappa shape index (κ1) is 8.26. The second-order valence-corrected chi connectivity index (χ2v) is 5.53. The molecule has 1 fully saturated rings. The van der Waals surface area contributed by atoms with Crippen molar-refractivity contribution in [1.82, 2.24) is 0 Å². The summed E-state index contributed by atoms with van der Waals surface area (Å²) >= 11 is 5.48. The first-order valence-electron chi connectivity index (χ1n) is 3.81. The molecule has 66 valence electrons. The molecule has 2 aliphatic rings. The van der Waals surface area contributed by atoms with Crippen LogP contribution in [0.5, 0.6) is 0 Å². The van der Waals surface area contributed by atoms with Crippen LogP contribution in [-0.4, -0.2) is 13.5 Å². The van der Waals surface area contributed by atoms with Gasteiger partial charge >= 0.3 is 0 Å². The Morgan fingerprint density at radius 1 is 1.50 bits per heavy atom. The van der Waals surface area contributed by atoms with Crippen molar-refractivity contribution in [3.8, 4) is 0 Å². The number of hydrogen-bond acceptors (Lipinski definition) is 3. The van der Waals surface area contributed by atoms with E-state index in [-0.39, 0.29) is 15.3 Å². The Labute approximate surface area is 76.1 Å². The zero-order valence-electron chi connectivity index (χ0n) is 6.33. The van der Waals surface area contributed by atoms with E-state index in [0.29, 0.717) is 0 Å². The summed E-state index contributed by atoms with van der Waals surface area (Å²) in [6.45, 7) is 0. The lowest BCUT2D eigenvalue weighted by molar-refractivity contribution is 0.417. The van der Waals surface area contributed by atoms with Crippen LogP contribution in [0.25, 0.3) is 0 Å². The lowest BCUT2D eigenvalue weighted by atomic mass is 9.86. The Morgan fingerprint density at radius 3 is 2.50 bits per heavy atom. The van der Waals surface area contributed by atoms with Crippen molar-refractivity contribution in [1.29, 1.82) is 0 Å². The highest BCUT2D eigenvalue weighted by Gasteiger charge is 2.36. The highest BCUT2D eigenvalue weighted by atomic mass is 35.5. The molecule has 0 radical (unpaired) electrons. The van der Waals surface area contributed by atoms with E-state index >= 15 is 0 Å². The van der Waals surface area contributed by atoms with Gasteiger partial charge in [0.15, 0.2) is 4.36 Å². The molecule has 3 nitrogen and oxygen atoms in total. The molecule has 12 heavy (non-hydrogen) atoms. The zero-order valence-corrected chi connectivity index (χ0v) is 7.90. The second kappa shape index (κ2) is 2.57. The normalized spacial score (nSPS) is 27.8. The fourth-order valence-electron chi connectivity index (χ4n) is 1.33. The molecule has 0 bridgehead atoms. The lowest BCUT2D eigenvalue weighted by Gasteiger charge is -2.24. The number of hydrogen-bond donors (Lipinski definition) is 0. The third-order valence-corrected chi connectivity index (χ3v) is 4.60. The molecular formula is C7H8ClNO2S. The molecule has 0 saturated heterocycles. The van der Waals surface area contributed by atoms with E-state index in [1.165, 1.54) is 6.20 Å². The predicted octanol–water partition coefficient (Wildman–Crippen LogP) is 1.65. The third kappa shape index (κ3) is 1.02. The Morgan fingerprint density at radius 2 is 2.17 bits per heavy atom. The Hall–Kier alpha value is -0.350. The third-order valence-electron chi connectivity index (χ3n) is 2.28. The summed E-state index contributed by atoms with van der Waals surface area (Å²) in [6.07, 6.45) is 4.17. The van der Waals surface area contributed by atoms with Crippen molar-refractivity contribution >= 4 is 26.5 Å². The van der Waals surface area contributed by atoms with Crippen molar-refractivity contribution in [3.63, 3.8) is 0 Å². The van der Waals surface area contributed by atoms with Crippen LogP contribution < -0.4 is 0 Å². The zero-order chi connectivity index (χ0) is 8.77. The van der Waals surface area contributed by atoms with E-state index < -0.39 is 9.84 Å². The highest BCUT2D eigenvalue weighted by Crippen LogP contribution is 2.35. The molecule has 0 aromatic heterocycles. The molecule has 0 atom stereocenters. The van der Waals surface area contributed by atoms with E-state index in [1.807, 2.05) is 0 Å². The minimum atomic E-state index is -3.35. The molecular weight excluding hydrogens is 198 g/mol. The molecule has 1 aliphatic carbocycles. The summed E-state index contributed by atoms with van der Waals surface area (Å²) in [4.78, 5) is 3.83. The molecule has 2 rings (SSSR count). The van der Waals surface area contributed by atoms with Gasteiger partial charge in [0.1, 0.15) is 5.04 Å². The highest BCUT2D eigenvalue weighted by molar-refractivity contribution is 8.11. The minimum absolute atomic E-state index is 0.127. The van der Waals surface area contributed by atoms with Gasteiger partial charge in [0.25, 0.3) is 0 Å². The van der Waals surface area contributed by atoms with E-state index in [9.17, 15) is 8.42 Å². The maximum atomic E-state index is 11.4. The monoisotopic (exact) mass is 205 g/mol. The lowest BCUT2D eigenvalue weighted by Crippen LogP contribution is -2.27. The SMILES string of the molecule is O=S1(=O)C(Cl)=CN=C1C1CCC1. The molecule has 1 saturated carbocycles. The van der Waals surface area contributed by atoms with Crippen LogP contribution in [0.3, 0.4) is 0 Å². The summed E-state index contributed by atoms with van der Waals surface area (Å²) in [7, 11) is -3.35. The van der Waals surface area contributed by atoms with E-state index in [4.69, 9.17) is 11.6 Å². The average Bonchev–Trinajstić information content (AvgIpc) is 2.12. The molecule has 0 unspecified atom stereocenters. The summed E-state index contributed by atoms with van der Waals surface area (Å²) < 4.78 is 22.7. The Balaban J connectivity index is 2.32. The van der Waals surface area contributed by atoms with Gasteiger partial charge in [-0.3, -0.25) is 0 Å². The molecule has 0 amide bonds. The van der Waals surface area contributed by atoms with Gasteiger partial charge in [0.2, 0.25) is 9.84 Å². The number of halogens is 1. The number of rotatable bonds is 1. The number of sulfone groups is 1. The van der Waals surface area contributed by atoms with Crippen molar-refractivity contribution in [2.24, 2.45) is 10.9 Å². The van der Waals surface area contributed by atoms with Gasteiger partial charge in [-0.1, -0.05) is 18.0 Å². The van der Waals surface area contributed by atoms with Crippen molar-refractivity contribution in [2.45, 2.75) is 19.3 Å². The van der Waals surface area contributed by atoms with E-state index in [1.54, 1.807) is 0 Å². The predicted molar refractivity (Wildman–Crippen MR) is 47.6 cm³/mol. The van der Waals surface area contributed by atoms with Crippen molar-refractivity contribution in [3.05, 3.63) is 10.6 Å². The fourth-order valence-corrected chi connectivity index (χ4v) is 2.88. The Bertz CT molecular complexity index is 365. The van der Waals surface area contributed by atoms with Crippen molar-refractivity contribution in [2.75, 3.05) is 0 Å².